The van der Waals surface area contributed by atoms with E-state index in [0.29, 0.717) is 16.6 Å². The molecule has 1 aliphatic rings. The molecule has 0 radical (unpaired) electrons. The molecule has 2 N–H and O–H groups in total. The molecule has 0 amide bonds. The van der Waals surface area contributed by atoms with E-state index < -0.39 is 0 Å². The van der Waals surface area contributed by atoms with Gasteiger partial charge in [-0.3, -0.25) is 0 Å². The predicted octanol–water partition coefficient (Wildman–Crippen LogP) is 8.41. The van der Waals surface area contributed by atoms with Crippen LogP contribution in [0.3, 0.4) is 0 Å². The molecule has 6 nitrogen and oxygen atoms in total. The maximum Gasteiger partial charge on any atom is 0.141 e. The van der Waals surface area contributed by atoms with E-state index in [1.165, 1.54) is 31.3 Å². The van der Waals surface area contributed by atoms with Gasteiger partial charge in [0.2, 0.25) is 0 Å². The zero-order chi connectivity index (χ0) is 28.2. The van der Waals surface area contributed by atoms with Gasteiger partial charge in [0.1, 0.15) is 41.8 Å². The van der Waals surface area contributed by atoms with Gasteiger partial charge in [0.25, 0.3) is 0 Å². The number of furan rings is 1. The highest BCUT2D eigenvalue weighted by Gasteiger charge is 2.24. The van der Waals surface area contributed by atoms with Crippen LogP contribution in [0.1, 0.15) is 30.2 Å². The Hall–Kier alpha value is -3.59. The summed E-state index contributed by atoms with van der Waals surface area (Å²) in [6.07, 6.45) is 6.29. The zero-order valence-electron chi connectivity index (χ0n) is 22.6. The first kappa shape index (κ1) is 27.6. The highest BCUT2D eigenvalue weighted by atomic mass is 35.5. The molecule has 41 heavy (non-hydrogen) atoms. The fraction of sp³-hybridized carbons (Fsp3) is 0.250. The first-order valence-electron chi connectivity index (χ1n) is 13.6. The molecule has 1 unspecified atom stereocenters. The summed E-state index contributed by atoms with van der Waals surface area (Å²) in [4.78, 5) is 8.95. The molecule has 6 rings (SSSR count). The molecule has 0 spiro atoms. The van der Waals surface area contributed by atoms with E-state index in [4.69, 9.17) is 20.8 Å². The van der Waals surface area contributed by atoms with Crippen molar-refractivity contribution in [1.29, 1.82) is 0 Å². The Morgan fingerprint density at radius 2 is 1.98 bits per heavy atom. The molecule has 5 aromatic rings. The largest absolute Gasteiger partial charge is 0.487 e. The van der Waals surface area contributed by atoms with Crippen LogP contribution in [0.25, 0.3) is 22.2 Å². The summed E-state index contributed by atoms with van der Waals surface area (Å²) in [7, 11) is 0. The average molecular weight is 589 g/mol. The monoisotopic (exact) mass is 588 g/mol. The number of hydrogen-bond donors (Lipinski definition) is 2. The first-order chi connectivity index (χ1) is 20.1. The van der Waals surface area contributed by atoms with Crippen molar-refractivity contribution in [3.8, 4) is 17.1 Å². The fourth-order valence-electron chi connectivity index (χ4n) is 4.66. The SMILES string of the molecule is CSCC(NCC1CC1)c1ccc(-c2ccc3ncnc(Nc4ccc(OCc5cccc(F)c5)c(Cl)c4)c3c2)o1. The van der Waals surface area contributed by atoms with E-state index in [-0.39, 0.29) is 18.5 Å². The second kappa shape index (κ2) is 12.5. The molecule has 0 saturated heterocycles. The van der Waals surface area contributed by atoms with Gasteiger partial charge in [-0.25, -0.2) is 14.4 Å². The van der Waals surface area contributed by atoms with Gasteiger partial charge in [-0.05, 0) is 97.8 Å². The van der Waals surface area contributed by atoms with Gasteiger partial charge in [-0.1, -0.05) is 23.7 Å². The third kappa shape index (κ3) is 6.84. The summed E-state index contributed by atoms with van der Waals surface area (Å²) in [6.45, 7) is 1.25. The molecule has 1 atom stereocenters. The van der Waals surface area contributed by atoms with Crippen LogP contribution in [0.2, 0.25) is 5.02 Å². The van der Waals surface area contributed by atoms with Gasteiger partial charge in [0.15, 0.2) is 0 Å². The number of benzene rings is 3. The van der Waals surface area contributed by atoms with Crippen molar-refractivity contribution in [2.75, 3.05) is 23.9 Å². The van der Waals surface area contributed by atoms with Gasteiger partial charge < -0.3 is 19.8 Å². The third-order valence-corrected chi connectivity index (χ3v) is 8.01. The Balaban J connectivity index is 1.19. The molecule has 1 fully saturated rings. The average Bonchev–Trinajstić information content (AvgIpc) is 3.68. The number of nitrogens with zero attached hydrogens (tertiary/aromatic N) is 2. The number of nitrogens with one attached hydrogen (secondary N) is 2. The lowest BCUT2D eigenvalue weighted by molar-refractivity contribution is 0.306. The van der Waals surface area contributed by atoms with E-state index in [2.05, 4.69) is 32.9 Å². The normalized spacial score (nSPS) is 13.8. The number of halogens is 2. The minimum Gasteiger partial charge on any atom is -0.487 e. The highest BCUT2D eigenvalue weighted by molar-refractivity contribution is 7.98. The van der Waals surface area contributed by atoms with Crippen molar-refractivity contribution in [2.45, 2.75) is 25.5 Å². The van der Waals surface area contributed by atoms with Crippen molar-refractivity contribution < 1.29 is 13.5 Å². The summed E-state index contributed by atoms with van der Waals surface area (Å²) >= 11 is 8.33. The second-order valence-electron chi connectivity index (χ2n) is 10.2. The summed E-state index contributed by atoms with van der Waals surface area (Å²) in [5.74, 6) is 4.38. The Bertz CT molecular complexity index is 1660. The lowest BCUT2D eigenvalue weighted by atomic mass is 10.1. The molecule has 210 valence electrons. The maximum absolute atomic E-state index is 13.5. The van der Waals surface area contributed by atoms with Gasteiger partial charge in [0, 0.05) is 22.4 Å². The molecule has 3 aromatic carbocycles. The Morgan fingerprint density at radius 1 is 1.07 bits per heavy atom. The molecule has 0 aliphatic heterocycles. The minimum absolute atomic E-state index is 0.186. The molecule has 0 bridgehead atoms. The van der Waals surface area contributed by atoms with Crippen molar-refractivity contribution in [3.63, 3.8) is 0 Å². The lowest BCUT2D eigenvalue weighted by Gasteiger charge is -2.15. The predicted molar refractivity (Wildman–Crippen MR) is 165 cm³/mol. The van der Waals surface area contributed by atoms with Crippen LogP contribution in [-0.4, -0.2) is 28.5 Å². The van der Waals surface area contributed by atoms with Gasteiger partial charge >= 0.3 is 0 Å². The minimum atomic E-state index is -0.301. The molecule has 9 heteroatoms. The molecule has 1 saturated carbocycles. The zero-order valence-corrected chi connectivity index (χ0v) is 24.1. The van der Waals surface area contributed by atoms with Crippen LogP contribution in [0.5, 0.6) is 5.75 Å². The summed E-state index contributed by atoms with van der Waals surface area (Å²) < 4.78 is 25.6. The topological polar surface area (TPSA) is 72.2 Å². The number of hydrogen-bond acceptors (Lipinski definition) is 7. The quantitative estimate of drug-likeness (QED) is 0.152. The summed E-state index contributed by atoms with van der Waals surface area (Å²) in [5, 5.41) is 8.33. The lowest BCUT2D eigenvalue weighted by Crippen LogP contribution is -2.25. The van der Waals surface area contributed by atoms with Gasteiger partial charge in [-0.15, -0.1) is 0 Å². The fourth-order valence-corrected chi connectivity index (χ4v) is 5.51. The maximum atomic E-state index is 13.5. The van der Waals surface area contributed by atoms with Crippen molar-refractivity contribution in [1.82, 2.24) is 15.3 Å². The van der Waals surface area contributed by atoms with Crippen molar-refractivity contribution >= 4 is 45.8 Å². The third-order valence-electron chi connectivity index (χ3n) is 7.05. The van der Waals surface area contributed by atoms with Crippen LogP contribution in [0, 0.1) is 11.7 Å². The Morgan fingerprint density at radius 3 is 2.78 bits per heavy atom. The number of ether oxygens (including phenoxy) is 1. The molecule has 2 aromatic heterocycles. The van der Waals surface area contributed by atoms with Crippen LogP contribution in [-0.2, 0) is 6.61 Å². The first-order valence-corrected chi connectivity index (χ1v) is 15.3. The highest BCUT2D eigenvalue weighted by Crippen LogP contribution is 2.34. The van der Waals surface area contributed by atoms with Crippen LogP contribution >= 0.6 is 23.4 Å². The number of thioether (sulfide) groups is 1. The van der Waals surface area contributed by atoms with E-state index in [9.17, 15) is 4.39 Å². The van der Waals surface area contributed by atoms with E-state index in [1.807, 2.05) is 42.1 Å². The van der Waals surface area contributed by atoms with Crippen LogP contribution in [0.4, 0.5) is 15.9 Å². The number of fused-ring (bicyclic) bond motifs is 1. The molecular weight excluding hydrogens is 559 g/mol. The van der Waals surface area contributed by atoms with Crippen LogP contribution < -0.4 is 15.4 Å². The second-order valence-corrected chi connectivity index (χ2v) is 11.5. The van der Waals surface area contributed by atoms with Crippen LogP contribution in [0.15, 0.2) is 83.5 Å². The summed E-state index contributed by atoms with van der Waals surface area (Å²) in [5.41, 5.74) is 3.24. The standard InChI is InChI=1S/C32H30ClFN4O2S/c1-41-18-28(35-16-20-5-6-20)31-12-11-29(40-31)22-7-9-27-25(14-22)32(37-19-36-27)38-24-8-10-30(26(33)15-24)39-17-21-3-2-4-23(34)13-21/h2-4,7-15,19-20,28,35H,5-6,16-18H2,1H3,(H,36,37,38). The van der Waals surface area contributed by atoms with E-state index in [1.54, 1.807) is 24.3 Å². The van der Waals surface area contributed by atoms with Crippen molar-refractivity contribution in [2.24, 2.45) is 5.92 Å². The number of anilines is 2. The summed E-state index contributed by atoms with van der Waals surface area (Å²) in [6, 6.07) is 22.0. The Kier molecular flexibility index (Phi) is 8.41. The van der Waals surface area contributed by atoms with E-state index in [0.717, 1.165) is 57.5 Å². The molecule has 2 heterocycles. The Labute approximate surface area is 247 Å². The van der Waals surface area contributed by atoms with Gasteiger partial charge in [-0.2, -0.15) is 11.8 Å². The number of aromatic nitrogens is 2. The van der Waals surface area contributed by atoms with Gasteiger partial charge in [0.05, 0.1) is 16.6 Å². The number of rotatable bonds is 12. The smallest absolute Gasteiger partial charge is 0.141 e. The van der Waals surface area contributed by atoms with Crippen molar-refractivity contribution in [3.05, 3.63) is 101 Å². The molecule has 1 aliphatic carbocycles. The van der Waals surface area contributed by atoms with E-state index >= 15 is 0 Å². The molecular formula is C32H30ClFN4O2S.